The minimum atomic E-state index is -3.80. The zero-order valence-corrected chi connectivity index (χ0v) is 21.5. The fourth-order valence-corrected chi connectivity index (χ4v) is 5.08. The summed E-state index contributed by atoms with van der Waals surface area (Å²) in [6.45, 7) is 5.66. The highest BCUT2D eigenvalue weighted by Crippen LogP contribution is 2.28. The summed E-state index contributed by atoms with van der Waals surface area (Å²) >= 11 is 0. The van der Waals surface area contributed by atoms with E-state index in [0.29, 0.717) is 5.75 Å². The van der Waals surface area contributed by atoms with Crippen LogP contribution in [0.25, 0.3) is 6.08 Å². The van der Waals surface area contributed by atoms with Crippen LogP contribution in [0.5, 0.6) is 11.6 Å². The molecule has 1 amide bonds. The monoisotopic (exact) mass is 503 g/mol. The fraction of sp³-hybridized carbons (Fsp3) is 0.440. The first-order chi connectivity index (χ1) is 16.6. The lowest BCUT2D eigenvalue weighted by molar-refractivity contribution is 0.0373. The molecule has 1 aromatic carbocycles. The van der Waals surface area contributed by atoms with Crippen molar-refractivity contribution in [1.29, 1.82) is 0 Å². The van der Waals surface area contributed by atoms with E-state index in [4.69, 9.17) is 9.47 Å². The van der Waals surface area contributed by atoms with Crippen LogP contribution >= 0.6 is 0 Å². The molecular weight excluding hydrogens is 470 g/mol. The van der Waals surface area contributed by atoms with Crippen LogP contribution in [0.15, 0.2) is 47.5 Å². The van der Waals surface area contributed by atoms with Gasteiger partial charge in [-0.1, -0.05) is 19.1 Å². The van der Waals surface area contributed by atoms with Crippen LogP contribution in [-0.4, -0.2) is 79.6 Å². The Bertz CT molecular complexity index is 1170. The van der Waals surface area contributed by atoms with Gasteiger partial charge in [0.15, 0.2) is 0 Å². The Morgan fingerprint density at radius 3 is 2.63 bits per heavy atom. The number of carbonyl (C=O) groups is 1. The minimum Gasteiger partial charge on any atom is -0.497 e. The number of methoxy groups -OCH3 is 1. The Hall–Kier alpha value is -2.95. The van der Waals surface area contributed by atoms with Gasteiger partial charge in [0.2, 0.25) is 15.9 Å². The molecule has 1 N–H and O–H groups in total. The predicted octanol–water partition coefficient (Wildman–Crippen LogP) is 2.66. The summed E-state index contributed by atoms with van der Waals surface area (Å²) in [5, 5.41) is 9.77. The lowest BCUT2D eigenvalue weighted by Crippen LogP contribution is -2.50. The van der Waals surface area contributed by atoms with E-state index in [1.54, 1.807) is 36.2 Å². The van der Waals surface area contributed by atoms with Gasteiger partial charge >= 0.3 is 0 Å². The molecule has 0 saturated heterocycles. The summed E-state index contributed by atoms with van der Waals surface area (Å²) < 4.78 is 39.0. The molecule has 0 spiro atoms. The first-order valence-corrected chi connectivity index (χ1v) is 12.9. The molecule has 190 valence electrons. The van der Waals surface area contributed by atoms with Crippen molar-refractivity contribution in [3.8, 4) is 11.6 Å². The van der Waals surface area contributed by atoms with E-state index >= 15 is 0 Å². The normalized spacial score (nSPS) is 19.7. The van der Waals surface area contributed by atoms with Crippen LogP contribution in [-0.2, 0) is 10.0 Å². The first-order valence-electron chi connectivity index (χ1n) is 11.4. The van der Waals surface area contributed by atoms with Crippen LogP contribution in [0, 0.1) is 5.92 Å². The maximum Gasteiger partial charge on any atom is 0.259 e. The Labute approximate surface area is 207 Å². The van der Waals surface area contributed by atoms with Crippen LogP contribution in [0.3, 0.4) is 0 Å². The molecule has 2 aromatic rings. The molecule has 3 atom stereocenters. The third-order valence-corrected chi connectivity index (χ3v) is 7.94. The van der Waals surface area contributed by atoms with Gasteiger partial charge in [0.25, 0.3) is 5.91 Å². The van der Waals surface area contributed by atoms with E-state index < -0.39 is 22.2 Å². The van der Waals surface area contributed by atoms with Gasteiger partial charge in [-0.05, 0) is 49.7 Å². The summed E-state index contributed by atoms with van der Waals surface area (Å²) in [6, 6.07) is 7.46. The molecular formula is C25H33N3O6S. The molecule has 1 aliphatic rings. The van der Waals surface area contributed by atoms with Crippen molar-refractivity contribution < 1.29 is 27.8 Å². The molecule has 0 fully saturated rings. The van der Waals surface area contributed by atoms with Crippen molar-refractivity contribution in [2.24, 2.45) is 5.92 Å². The Morgan fingerprint density at radius 2 is 2.03 bits per heavy atom. The average Bonchev–Trinajstić information content (AvgIpc) is 2.86. The Balaban J connectivity index is 1.95. The molecule has 2 heterocycles. The number of sulfonamides is 1. The van der Waals surface area contributed by atoms with Gasteiger partial charge < -0.3 is 19.5 Å². The quantitative estimate of drug-likeness (QED) is 0.590. The van der Waals surface area contributed by atoms with Gasteiger partial charge in [-0.15, -0.1) is 0 Å². The second-order valence-corrected chi connectivity index (χ2v) is 10.8. The van der Waals surface area contributed by atoms with E-state index in [9.17, 15) is 18.3 Å². The third-order valence-electron chi connectivity index (χ3n) is 6.11. The van der Waals surface area contributed by atoms with Crippen molar-refractivity contribution in [2.75, 3.05) is 33.9 Å². The minimum absolute atomic E-state index is 0.0444. The summed E-state index contributed by atoms with van der Waals surface area (Å²) in [6.07, 6.45) is 4.69. The summed E-state index contributed by atoms with van der Waals surface area (Å²) in [4.78, 5) is 19.5. The number of hydrogen-bond donors (Lipinski definition) is 1. The summed E-state index contributed by atoms with van der Waals surface area (Å²) in [5.41, 5.74) is 1.02. The number of amides is 1. The number of nitrogens with zero attached hydrogens (tertiary/aromatic N) is 3. The molecule has 0 aliphatic carbocycles. The number of benzene rings is 1. The number of likely N-dealkylation sites (N-methyl/N-ethyl adjacent to an activating group) is 1. The summed E-state index contributed by atoms with van der Waals surface area (Å²) in [7, 11) is -0.784. The number of allylic oxidation sites excluding steroid dienone is 1. The van der Waals surface area contributed by atoms with Crippen LogP contribution in [0.4, 0.5) is 0 Å². The standard InChI is InChI=1S/C25H33N3O6S/c1-6-7-19-12-22-24(26-13-19)34-23(17(2)14-28(25(22)30)18(3)16-29)15-27(4)35(31,32)21-10-8-20(33-5)9-11-21/h6-13,17-18,23,29H,14-16H2,1-5H3/b7-6+/t17-,18-,23-/m1/s1. The molecule has 0 bridgehead atoms. The van der Waals surface area contributed by atoms with Crippen LogP contribution in [0.1, 0.15) is 36.7 Å². The lowest BCUT2D eigenvalue weighted by Gasteiger charge is -2.37. The largest absolute Gasteiger partial charge is 0.497 e. The molecule has 0 unspecified atom stereocenters. The smallest absolute Gasteiger partial charge is 0.259 e. The number of carbonyl (C=O) groups excluding carboxylic acids is 1. The van der Waals surface area contributed by atoms with Gasteiger partial charge in [0, 0.05) is 25.7 Å². The molecule has 10 heteroatoms. The first kappa shape index (κ1) is 26.7. The van der Waals surface area contributed by atoms with Crippen molar-refractivity contribution >= 4 is 22.0 Å². The van der Waals surface area contributed by atoms with Gasteiger partial charge in [-0.2, -0.15) is 4.31 Å². The molecule has 1 aliphatic heterocycles. The maximum atomic E-state index is 13.4. The van der Waals surface area contributed by atoms with E-state index in [1.807, 2.05) is 26.0 Å². The van der Waals surface area contributed by atoms with E-state index in [0.717, 1.165) is 5.56 Å². The zero-order chi connectivity index (χ0) is 25.8. The molecule has 3 rings (SSSR count). The second kappa shape index (κ2) is 11.2. The van der Waals surface area contributed by atoms with Gasteiger partial charge in [-0.3, -0.25) is 4.79 Å². The number of hydrogen-bond acceptors (Lipinski definition) is 7. The topological polar surface area (TPSA) is 109 Å². The van der Waals surface area contributed by atoms with Crippen LogP contribution < -0.4 is 9.47 Å². The van der Waals surface area contributed by atoms with Crippen molar-refractivity contribution in [3.05, 3.63) is 53.7 Å². The lowest BCUT2D eigenvalue weighted by atomic mass is 10.00. The SMILES string of the molecule is C/C=C/c1cnc2c(c1)C(=O)N([C@H](C)CO)C[C@@H](C)[C@@H](CN(C)S(=O)(=O)c1ccc(OC)cc1)O2. The molecule has 0 saturated carbocycles. The number of rotatable bonds is 8. The Kier molecular flexibility index (Phi) is 8.52. The highest BCUT2D eigenvalue weighted by Gasteiger charge is 2.35. The molecule has 1 aromatic heterocycles. The van der Waals surface area contributed by atoms with Crippen molar-refractivity contribution in [1.82, 2.24) is 14.2 Å². The molecule has 9 nitrogen and oxygen atoms in total. The second-order valence-electron chi connectivity index (χ2n) is 8.71. The third kappa shape index (κ3) is 5.83. The van der Waals surface area contributed by atoms with Gasteiger partial charge in [0.1, 0.15) is 17.4 Å². The zero-order valence-electron chi connectivity index (χ0n) is 20.7. The maximum absolute atomic E-state index is 13.4. The molecule has 35 heavy (non-hydrogen) atoms. The number of ether oxygens (including phenoxy) is 2. The van der Waals surface area contributed by atoms with E-state index in [2.05, 4.69) is 4.98 Å². The fourth-order valence-electron chi connectivity index (χ4n) is 3.90. The Morgan fingerprint density at radius 1 is 1.34 bits per heavy atom. The molecule has 0 radical (unpaired) electrons. The number of fused-ring (bicyclic) bond motifs is 1. The highest BCUT2D eigenvalue weighted by atomic mass is 32.2. The number of aliphatic hydroxyl groups excluding tert-OH is 1. The average molecular weight is 504 g/mol. The van der Waals surface area contributed by atoms with Crippen molar-refractivity contribution in [2.45, 2.75) is 37.8 Å². The van der Waals surface area contributed by atoms with Gasteiger partial charge in [-0.25, -0.2) is 13.4 Å². The number of pyridine rings is 1. The van der Waals surface area contributed by atoms with Crippen LogP contribution in [0.2, 0.25) is 0 Å². The van der Waals surface area contributed by atoms with Gasteiger partial charge in [0.05, 0.1) is 31.2 Å². The summed E-state index contributed by atoms with van der Waals surface area (Å²) in [5.74, 6) is 0.174. The highest BCUT2D eigenvalue weighted by molar-refractivity contribution is 7.89. The van der Waals surface area contributed by atoms with E-state index in [1.165, 1.54) is 30.6 Å². The van der Waals surface area contributed by atoms with E-state index in [-0.39, 0.29) is 47.9 Å². The number of aromatic nitrogens is 1. The number of aliphatic hydroxyl groups is 1. The van der Waals surface area contributed by atoms with Crippen molar-refractivity contribution in [3.63, 3.8) is 0 Å². The predicted molar refractivity (Wildman–Crippen MR) is 133 cm³/mol.